The van der Waals surface area contributed by atoms with E-state index in [-0.39, 0.29) is 17.2 Å². The van der Waals surface area contributed by atoms with E-state index in [0.717, 1.165) is 51.1 Å². The highest BCUT2D eigenvalue weighted by molar-refractivity contribution is 5.95. The molecule has 27 heavy (non-hydrogen) atoms. The average molecular weight is 373 g/mol. The molecule has 4 rings (SSSR count). The molecular formula is C19H27N5O3. The highest BCUT2D eigenvalue weighted by Gasteiger charge is 2.39. The monoisotopic (exact) mass is 373 g/mol. The van der Waals surface area contributed by atoms with Crippen molar-refractivity contribution in [1.29, 1.82) is 0 Å². The van der Waals surface area contributed by atoms with Crippen molar-refractivity contribution >= 4 is 5.91 Å². The zero-order valence-electron chi connectivity index (χ0n) is 16.3. The van der Waals surface area contributed by atoms with E-state index in [2.05, 4.69) is 17.2 Å². The Kier molecular flexibility index (Phi) is 4.75. The number of aryl methyl sites for hydroxylation is 2. The van der Waals surface area contributed by atoms with E-state index in [9.17, 15) is 4.79 Å². The van der Waals surface area contributed by atoms with E-state index in [1.807, 2.05) is 18.9 Å². The SMILES string of the molecule is Cc1nn(C)cc1C(=O)N1CCCC(C)(c2noc(C3CCOCC3)n2)C1. The molecule has 0 saturated carbocycles. The number of carbonyl (C=O) groups is 1. The van der Waals surface area contributed by atoms with E-state index in [4.69, 9.17) is 14.2 Å². The first-order valence-corrected chi connectivity index (χ1v) is 9.68. The average Bonchev–Trinajstić information content (AvgIpc) is 3.29. The smallest absolute Gasteiger partial charge is 0.257 e. The summed E-state index contributed by atoms with van der Waals surface area (Å²) < 4.78 is 12.7. The summed E-state index contributed by atoms with van der Waals surface area (Å²) in [5.74, 6) is 1.73. The Morgan fingerprint density at radius 3 is 2.81 bits per heavy atom. The summed E-state index contributed by atoms with van der Waals surface area (Å²) in [6.45, 7) is 6.82. The molecule has 0 aliphatic carbocycles. The van der Waals surface area contributed by atoms with Gasteiger partial charge in [0, 0.05) is 50.9 Å². The lowest BCUT2D eigenvalue weighted by molar-refractivity contribution is 0.0641. The molecule has 2 saturated heterocycles. The van der Waals surface area contributed by atoms with Crippen molar-refractivity contribution in [2.75, 3.05) is 26.3 Å². The molecule has 0 N–H and O–H groups in total. The molecule has 8 nitrogen and oxygen atoms in total. The highest BCUT2D eigenvalue weighted by atomic mass is 16.5. The second kappa shape index (κ2) is 7.07. The third-order valence-electron chi connectivity index (χ3n) is 5.78. The normalized spacial score (nSPS) is 24.3. The maximum atomic E-state index is 13.0. The number of likely N-dealkylation sites (tertiary alicyclic amines) is 1. The van der Waals surface area contributed by atoms with Crippen molar-refractivity contribution in [2.24, 2.45) is 7.05 Å². The zero-order chi connectivity index (χ0) is 19.0. The van der Waals surface area contributed by atoms with Gasteiger partial charge >= 0.3 is 0 Å². The van der Waals surface area contributed by atoms with Crippen LogP contribution in [-0.4, -0.2) is 57.0 Å². The van der Waals surface area contributed by atoms with E-state index in [1.165, 1.54) is 0 Å². The number of aromatic nitrogens is 4. The molecule has 0 bridgehead atoms. The molecule has 2 aromatic rings. The third kappa shape index (κ3) is 3.50. The molecule has 2 fully saturated rings. The Morgan fingerprint density at radius 2 is 2.11 bits per heavy atom. The van der Waals surface area contributed by atoms with Crippen LogP contribution in [0.15, 0.2) is 10.7 Å². The topological polar surface area (TPSA) is 86.3 Å². The quantitative estimate of drug-likeness (QED) is 0.820. The van der Waals surface area contributed by atoms with Crippen LogP contribution >= 0.6 is 0 Å². The largest absolute Gasteiger partial charge is 0.381 e. The van der Waals surface area contributed by atoms with Gasteiger partial charge in [0.2, 0.25) is 5.89 Å². The summed E-state index contributed by atoms with van der Waals surface area (Å²) in [6.07, 6.45) is 5.49. The lowest BCUT2D eigenvalue weighted by Gasteiger charge is -2.38. The Morgan fingerprint density at radius 1 is 1.33 bits per heavy atom. The van der Waals surface area contributed by atoms with Crippen molar-refractivity contribution < 1.29 is 14.1 Å². The van der Waals surface area contributed by atoms with Crippen LogP contribution in [0, 0.1) is 6.92 Å². The first-order chi connectivity index (χ1) is 13.0. The predicted octanol–water partition coefficient (Wildman–Crippen LogP) is 2.20. The second-order valence-corrected chi connectivity index (χ2v) is 8.04. The first-order valence-electron chi connectivity index (χ1n) is 9.68. The summed E-state index contributed by atoms with van der Waals surface area (Å²) in [7, 11) is 1.83. The van der Waals surface area contributed by atoms with Gasteiger partial charge in [-0.3, -0.25) is 9.48 Å². The fourth-order valence-electron chi connectivity index (χ4n) is 4.17. The molecule has 0 spiro atoms. The van der Waals surface area contributed by atoms with Gasteiger partial charge in [0.1, 0.15) is 0 Å². The van der Waals surface area contributed by atoms with Gasteiger partial charge in [0.15, 0.2) is 5.82 Å². The molecule has 0 radical (unpaired) electrons. The molecule has 1 amide bonds. The maximum Gasteiger partial charge on any atom is 0.257 e. The zero-order valence-corrected chi connectivity index (χ0v) is 16.3. The number of rotatable bonds is 3. The van der Waals surface area contributed by atoms with Gasteiger partial charge in [0.25, 0.3) is 5.91 Å². The summed E-state index contributed by atoms with van der Waals surface area (Å²) in [6, 6.07) is 0. The summed E-state index contributed by atoms with van der Waals surface area (Å²) in [5.41, 5.74) is 1.13. The minimum atomic E-state index is -0.295. The molecule has 8 heteroatoms. The molecule has 2 aliphatic heterocycles. The van der Waals surface area contributed by atoms with Crippen molar-refractivity contribution in [3.8, 4) is 0 Å². The molecule has 4 heterocycles. The van der Waals surface area contributed by atoms with Crippen LogP contribution in [0.4, 0.5) is 0 Å². The van der Waals surface area contributed by atoms with Gasteiger partial charge in [0.05, 0.1) is 11.3 Å². The number of hydrogen-bond donors (Lipinski definition) is 0. The van der Waals surface area contributed by atoms with Crippen LogP contribution in [0.2, 0.25) is 0 Å². The van der Waals surface area contributed by atoms with Crippen LogP contribution < -0.4 is 0 Å². The Bertz CT molecular complexity index is 823. The Labute approximate surface area is 158 Å². The van der Waals surface area contributed by atoms with Gasteiger partial charge in [-0.1, -0.05) is 12.1 Å². The fraction of sp³-hybridized carbons (Fsp3) is 0.684. The maximum absolute atomic E-state index is 13.0. The van der Waals surface area contributed by atoms with Crippen LogP contribution in [0.5, 0.6) is 0 Å². The van der Waals surface area contributed by atoms with Crippen LogP contribution in [0.25, 0.3) is 0 Å². The molecule has 1 unspecified atom stereocenters. The molecule has 1 atom stereocenters. The standard InChI is InChI=1S/C19H27N5O3/c1-13-15(11-23(3)21-13)17(25)24-8-4-7-19(2,12-24)18-20-16(27-22-18)14-5-9-26-10-6-14/h11,14H,4-10,12H2,1-3H3. The first kappa shape index (κ1) is 18.2. The van der Waals surface area contributed by atoms with Crippen LogP contribution in [-0.2, 0) is 17.2 Å². The molecule has 146 valence electrons. The lowest BCUT2D eigenvalue weighted by atomic mass is 9.81. The summed E-state index contributed by atoms with van der Waals surface area (Å²) in [4.78, 5) is 19.6. The van der Waals surface area contributed by atoms with Crippen LogP contribution in [0.1, 0.15) is 66.3 Å². The minimum absolute atomic E-state index is 0.0275. The van der Waals surface area contributed by atoms with E-state index in [0.29, 0.717) is 23.8 Å². The Balaban J connectivity index is 1.52. The number of carbonyl (C=O) groups excluding carboxylic acids is 1. The van der Waals surface area contributed by atoms with Gasteiger partial charge in [-0.15, -0.1) is 0 Å². The van der Waals surface area contributed by atoms with Crippen molar-refractivity contribution in [1.82, 2.24) is 24.8 Å². The van der Waals surface area contributed by atoms with E-state index < -0.39 is 0 Å². The number of amides is 1. The van der Waals surface area contributed by atoms with E-state index >= 15 is 0 Å². The predicted molar refractivity (Wildman–Crippen MR) is 97.5 cm³/mol. The number of nitrogens with zero attached hydrogens (tertiary/aromatic N) is 5. The van der Waals surface area contributed by atoms with Gasteiger partial charge < -0.3 is 14.2 Å². The number of hydrogen-bond acceptors (Lipinski definition) is 6. The van der Waals surface area contributed by atoms with Gasteiger partial charge in [-0.2, -0.15) is 10.1 Å². The molecular weight excluding hydrogens is 346 g/mol. The van der Waals surface area contributed by atoms with Gasteiger partial charge in [-0.05, 0) is 32.6 Å². The lowest BCUT2D eigenvalue weighted by Crippen LogP contribution is -2.47. The summed E-state index contributed by atoms with van der Waals surface area (Å²) >= 11 is 0. The third-order valence-corrected chi connectivity index (χ3v) is 5.78. The number of piperidine rings is 1. The molecule has 0 aromatic carbocycles. The Hall–Kier alpha value is -2.22. The van der Waals surface area contributed by atoms with E-state index in [1.54, 1.807) is 10.9 Å². The highest BCUT2D eigenvalue weighted by Crippen LogP contribution is 2.34. The minimum Gasteiger partial charge on any atom is -0.381 e. The molecule has 2 aromatic heterocycles. The number of ether oxygens (including phenoxy) is 1. The summed E-state index contributed by atoms with van der Waals surface area (Å²) in [5, 5.41) is 8.59. The molecule has 2 aliphatic rings. The van der Waals surface area contributed by atoms with Crippen LogP contribution in [0.3, 0.4) is 0 Å². The van der Waals surface area contributed by atoms with Crippen molar-refractivity contribution in [2.45, 2.75) is 50.9 Å². The van der Waals surface area contributed by atoms with Crippen molar-refractivity contribution in [3.63, 3.8) is 0 Å². The van der Waals surface area contributed by atoms with Crippen molar-refractivity contribution in [3.05, 3.63) is 29.2 Å². The van der Waals surface area contributed by atoms with Gasteiger partial charge in [-0.25, -0.2) is 0 Å². The second-order valence-electron chi connectivity index (χ2n) is 8.04. The fourth-order valence-corrected chi connectivity index (χ4v) is 4.17.